The maximum absolute atomic E-state index is 16.8. The Labute approximate surface area is 256 Å². The summed E-state index contributed by atoms with van der Waals surface area (Å²) >= 11 is 0. The van der Waals surface area contributed by atoms with E-state index in [0.717, 1.165) is 37.9 Å². The highest BCUT2D eigenvalue weighted by atomic mass is 19.2. The SMILES string of the molecule is CCC1CN2c3nc(OC[C@@]45CCCN4C[C@H](F)C5)nc4c(F)c(-c5cc(O)cc6ccc(F)c(F)c56)nc(c34)OC[C@@H]2CN1. The zero-order valence-electron chi connectivity index (χ0n) is 24.6. The molecule has 6 heterocycles. The molecule has 2 aromatic heterocycles. The van der Waals surface area contributed by atoms with E-state index in [1.54, 1.807) is 0 Å². The third-order valence-electron chi connectivity index (χ3n) is 9.87. The van der Waals surface area contributed by atoms with Crippen LogP contribution in [0.25, 0.3) is 32.9 Å². The number of rotatable bonds is 5. The van der Waals surface area contributed by atoms with Crippen LogP contribution in [0.4, 0.5) is 23.4 Å². The number of phenols is 1. The van der Waals surface area contributed by atoms with E-state index in [1.807, 2.05) is 0 Å². The van der Waals surface area contributed by atoms with E-state index in [4.69, 9.17) is 14.5 Å². The van der Waals surface area contributed by atoms with Crippen molar-refractivity contribution >= 4 is 27.5 Å². The molecule has 0 saturated carbocycles. The lowest BCUT2D eigenvalue weighted by Gasteiger charge is -2.39. The summed E-state index contributed by atoms with van der Waals surface area (Å²) in [5, 5.41) is 14.2. The molecule has 9 nitrogen and oxygen atoms in total. The zero-order valence-corrected chi connectivity index (χ0v) is 24.6. The monoisotopic (exact) mass is 624 g/mol. The van der Waals surface area contributed by atoms with Gasteiger partial charge in [-0.05, 0) is 49.4 Å². The van der Waals surface area contributed by atoms with Gasteiger partial charge in [-0.3, -0.25) is 4.90 Å². The normalized spacial score (nSPS) is 26.2. The zero-order chi connectivity index (χ0) is 31.0. The number of halogens is 4. The number of alkyl halides is 1. The Morgan fingerprint density at radius 1 is 1.11 bits per heavy atom. The summed E-state index contributed by atoms with van der Waals surface area (Å²) in [7, 11) is 0. The first-order chi connectivity index (χ1) is 21.7. The molecule has 4 atom stereocenters. The quantitative estimate of drug-likeness (QED) is 0.302. The molecule has 3 saturated heterocycles. The van der Waals surface area contributed by atoms with Gasteiger partial charge >= 0.3 is 6.01 Å². The Balaban J connectivity index is 1.32. The lowest BCUT2D eigenvalue weighted by molar-refractivity contribution is 0.107. The van der Waals surface area contributed by atoms with Crippen molar-refractivity contribution in [1.29, 1.82) is 0 Å². The van der Waals surface area contributed by atoms with Crippen LogP contribution >= 0.6 is 0 Å². The van der Waals surface area contributed by atoms with Gasteiger partial charge in [0.1, 0.15) is 47.5 Å². The molecule has 236 valence electrons. The number of ether oxygens (including phenoxy) is 2. The van der Waals surface area contributed by atoms with E-state index >= 15 is 8.78 Å². The van der Waals surface area contributed by atoms with Crippen LogP contribution < -0.4 is 19.7 Å². The van der Waals surface area contributed by atoms with Crippen LogP contribution in [0.3, 0.4) is 0 Å². The molecule has 4 aliphatic rings. The van der Waals surface area contributed by atoms with E-state index in [2.05, 4.69) is 32.0 Å². The molecule has 0 spiro atoms. The van der Waals surface area contributed by atoms with Gasteiger partial charge in [-0.25, -0.2) is 22.5 Å². The maximum Gasteiger partial charge on any atom is 0.319 e. The smallest absolute Gasteiger partial charge is 0.319 e. The van der Waals surface area contributed by atoms with E-state index in [0.29, 0.717) is 31.9 Å². The van der Waals surface area contributed by atoms with Crippen LogP contribution in [-0.4, -0.2) is 88.1 Å². The molecule has 0 bridgehead atoms. The third kappa shape index (κ3) is 4.53. The van der Waals surface area contributed by atoms with Crippen molar-refractivity contribution in [2.45, 2.75) is 56.4 Å². The van der Waals surface area contributed by atoms with Crippen molar-refractivity contribution in [3.05, 3.63) is 41.7 Å². The number of hydrogen-bond donors (Lipinski definition) is 2. The number of pyridine rings is 1. The number of nitrogens with zero attached hydrogens (tertiary/aromatic N) is 5. The Morgan fingerprint density at radius 2 is 1.98 bits per heavy atom. The Kier molecular flexibility index (Phi) is 6.68. The fraction of sp³-hybridized carbons (Fsp3) is 0.469. The number of nitrogens with one attached hydrogen (secondary N) is 1. The second-order valence-electron chi connectivity index (χ2n) is 12.6. The van der Waals surface area contributed by atoms with Crippen LogP contribution in [0.1, 0.15) is 32.6 Å². The van der Waals surface area contributed by atoms with Crippen molar-refractivity contribution in [2.24, 2.45) is 0 Å². The van der Waals surface area contributed by atoms with E-state index in [9.17, 15) is 13.9 Å². The number of aromatic nitrogens is 3. The number of anilines is 1. The molecule has 4 aromatic rings. The molecular weight excluding hydrogens is 592 g/mol. The highest BCUT2D eigenvalue weighted by molar-refractivity contribution is 6.02. The van der Waals surface area contributed by atoms with Gasteiger partial charge in [-0.15, -0.1) is 0 Å². The first-order valence-electron chi connectivity index (χ1n) is 15.4. The van der Waals surface area contributed by atoms with Crippen molar-refractivity contribution < 1.29 is 32.1 Å². The lowest BCUT2D eigenvalue weighted by Crippen LogP contribution is -2.58. The molecular formula is C32H32F4N6O3. The fourth-order valence-electron chi connectivity index (χ4n) is 7.59. The van der Waals surface area contributed by atoms with Gasteiger partial charge in [0, 0.05) is 43.0 Å². The summed E-state index contributed by atoms with van der Waals surface area (Å²) in [4.78, 5) is 18.0. The van der Waals surface area contributed by atoms with Crippen LogP contribution in [-0.2, 0) is 0 Å². The average Bonchev–Trinajstić information content (AvgIpc) is 3.51. The van der Waals surface area contributed by atoms with E-state index < -0.39 is 29.2 Å². The van der Waals surface area contributed by atoms with Crippen LogP contribution in [0, 0.1) is 17.5 Å². The molecule has 2 aromatic carbocycles. The number of hydrogen-bond acceptors (Lipinski definition) is 9. The van der Waals surface area contributed by atoms with Crippen molar-refractivity contribution in [2.75, 3.05) is 44.3 Å². The van der Waals surface area contributed by atoms with Crippen LogP contribution in [0.15, 0.2) is 24.3 Å². The minimum absolute atomic E-state index is 0.0373. The van der Waals surface area contributed by atoms with Crippen LogP contribution in [0.5, 0.6) is 17.6 Å². The minimum atomic E-state index is -1.19. The Bertz CT molecular complexity index is 1850. The fourth-order valence-corrected chi connectivity index (χ4v) is 7.59. The van der Waals surface area contributed by atoms with Crippen LogP contribution in [0.2, 0.25) is 0 Å². The summed E-state index contributed by atoms with van der Waals surface area (Å²) in [6, 6.07) is 4.57. The topological polar surface area (TPSA) is 95.9 Å². The summed E-state index contributed by atoms with van der Waals surface area (Å²) in [5.41, 5.74) is -1.15. The number of fused-ring (bicyclic) bond motifs is 4. The Hall–Kier alpha value is -3.97. The third-order valence-corrected chi connectivity index (χ3v) is 9.87. The van der Waals surface area contributed by atoms with Gasteiger partial charge in [0.2, 0.25) is 5.88 Å². The molecule has 13 heteroatoms. The molecule has 0 aliphatic carbocycles. The van der Waals surface area contributed by atoms with Gasteiger partial charge in [0.25, 0.3) is 0 Å². The summed E-state index contributed by atoms with van der Waals surface area (Å²) in [5.74, 6) is -3.08. The predicted molar refractivity (Wildman–Crippen MR) is 159 cm³/mol. The first kappa shape index (κ1) is 28.5. The second kappa shape index (κ2) is 10.5. The average molecular weight is 625 g/mol. The van der Waals surface area contributed by atoms with E-state index in [1.165, 1.54) is 12.1 Å². The minimum Gasteiger partial charge on any atom is -0.508 e. The van der Waals surface area contributed by atoms with Gasteiger partial charge in [0.15, 0.2) is 17.5 Å². The van der Waals surface area contributed by atoms with Gasteiger partial charge in [-0.1, -0.05) is 13.0 Å². The summed E-state index contributed by atoms with van der Waals surface area (Å²) in [6.07, 6.45) is 1.96. The number of benzene rings is 2. The van der Waals surface area contributed by atoms with E-state index in [-0.39, 0.29) is 75.9 Å². The molecule has 3 fully saturated rings. The summed E-state index contributed by atoms with van der Waals surface area (Å²) < 4.78 is 73.3. The molecule has 0 radical (unpaired) electrons. The van der Waals surface area contributed by atoms with Crippen molar-refractivity contribution in [3.8, 4) is 28.9 Å². The molecule has 2 N–H and O–H groups in total. The Morgan fingerprint density at radius 3 is 2.82 bits per heavy atom. The maximum atomic E-state index is 16.8. The number of aromatic hydroxyl groups is 1. The van der Waals surface area contributed by atoms with Gasteiger partial charge in [0.05, 0.1) is 11.6 Å². The number of piperazine rings is 1. The van der Waals surface area contributed by atoms with Gasteiger partial charge in [-0.2, -0.15) is 9.97 Å². The predicted octanol–water partition coefficient (Wildman–Crippen LogP) is 4.87. The first-order valence-corrected chi connectivity index (χ1v) is 15.4. The highest BCUT2D eigenvalue weighted by Crippen LogP contribution is 2.44. The highest BCUT2D eigenvalue weighted by Gasteiger charge is 2.49. The second-order valence-corrected chi connectivity index (χ2v) is 12.6. The summed E-state index contributed by atoms with van der Waals surface area (Å²) in [6.45, 7) is 4.71. The molecule has 45 heavy (non-hydrogen) atoms. The number of phenolic OH excluding ortho intramolecular Hbond substituents is 1. The van der Waals surface area contributed by atoms with Crippen molar-refractivity contribution in [1.82, 2.24) is 25.2 Å². The molecule has 8 rings (SSSR count). The standard InChI is InChI=1S/C32H32F4N6O3/c1-2-18-13-42-19(11-37-18)14-44-30-24-28(39-31(40-29(24)42)45-15-32-6-3-7-41(32)12-17(33)10-32)26(36)27(38-30)21-9-20(43)8-16-4-5-22(34)25(35)23(16)21/h4-5,8-9,17-19,37,43H,2-3,6-7,10-15H2,1H3/t17-,18?,19+,32+/m1/s1. The van der Waals surface area contributed by atoms with Gasteiger partial charge < -0.3 is 24.8 Å². The molecule has 0 amide bonds. The molecule has 4 aliphatic heterocycles. The largest absolute Gasteiger partial charge is 0.508 e. The molecule has 1 unspecified atom stereocenters. The van der Waals surface area contributed by atoms with Crippen molar-refractivity contribution in [3.63, 3.8) is 0 Å². The lowest BCUT2D eigenvalue weighted by atomic mass is 9.95.